The summed E-state index contributed by atoms with van der Waals surface area (Å²) in [4.78, 5) is 11.5. The summed E-state index contributed by atoms with van der Waals surface area (Å²) in [7, 11) is 1.56. The molecule has 3 heteroatoms. The highest BCUT2D eigenvalue weighted by Gasteiger charge is 2.13. The summed E-state index contributed by atoms with van der Waals surface area (Å²) in [5, 5.41) is 8.57. The summed E-state index contributed by atoms with van der Waals surface area (Å²) in [6.07, 6.45) is 0. The number of hydrogen-bond donors (Lipinski definition) is 0. The summed E-state index contributed by atoms with van der Waals surface area (Å²) in [6.45, 7) is 1.59. The standard InChI is InChI=1S/C11H11NO2/c1-8(7-12)11(13)9-3-5-10(14-2)6-4-9/h3-6,8H,1-2H3/t8-/m0/s1. The Hall–Kier alpha value is -1.82. The van der Waals surface area contributed by atoms with Crippen molar-refractivity contribution in [3.8, 4) is 11.8 Å². The van der Waals surface area contributed by atoms with Crippen LogP contribution in [0.4, 0.5) is 0 Å². The van der Waals surface area contributed by atoms with Crippen molar-refractivity contribution in [2.24, 2.45) is 5.92 Å². The van der Waals surface area contributed by atoms with Gasteiger partial charge >= 0.3 is 0 Å². The lowest BCUT2D eigenvalue weighted by atomic mass is 10.0. The molecule has 0 bridgehead atoms. The zero-order valence-corrected chi connectivity index (χ0v) is 8.15. The zero-order valence-electron chi connectivity index (χ0n) is 8.15. The van der Waals surface area contributed by atoms with Crippen molar-refractivity contribution in [2.45, 2.75) is 6.92 Å². The van der Waals surface area contributed by atoms with E-state index in [1.807, 2.05) is 6.07 Å². The van der Waals surface area contributed by atoms with E-state index in [0.717, 1.165) is 0 Å². The fourth-order valence-electron chi connectivity index (χ4n) is 1.06. The quantitative estimate of drug-likeness (QED) is 0.683. The first kappa shape index (κ1) is 10.3. The van der Waals surface area contributed by atoms with Gasteiger partial charge in [-0.05, 0) is 31.2 Å². The van der Waals surface area contributed by atoms with Crippen LogP contribution in [0.1, 0.15) is 17.3 Å². The van der Waals surface area contributed by atoms with E-state index in [-0.39, 0.29) is 5.78 Å². The Morgan fingerprint density at radius 1 is 1.43 bits per heavy atom. The number of nitrogens with zero attached hydrogens (tertiary/aromatic N) is 1. The first-order valence-corrected chi connectivity index (χ1v) is 4.27. The minimum atomic E-state index is -0.594. The fraction of sp³-hybridized carbons (Fsp3) is 0.273. The number of nitriles is 1. The molecular formula is C11H11NO2. The molecule has 0 N–H and O–H groups in total. The van der Waals surface area contributed by atoms with Gasteiger partial charge in [0.05, 0.1) is 13.2 Å². The van der Waals surface area contributed by atoms with Crippen LogP contribution in [0.3, 0.4) is 0 Å². The molecule has 0 aliphatic heterocycles. The van der Waals surface area contributed by atoms with Crippen molar-refractivity contribution in [1.82, 2.24) is 0 Å². The van der Waals surface area contributed by atoms with Gasteiger partial charge in [-0.15, -0.1) is 0 Å². The Balaban J connectivity index is 2.88. The number of benzene rings is 1. The molecule has 1 aromatic carbocycles. The van der Waals surface area contributed by atoms with Gasteiger partial charge in [0.2, 0.25) is 0 Å². The number of Topliss-reactive ketones (excluding diaryl/α,β-unsaturated/α-hetero) is 1. The van der Waals surface area contributed by atoms with E-state index in [4.69, 9.17) is 10.00 Å². The summed E-state index contributed by atoms with van der Waals surface area (Å²) in [5.74, 6) is -0.0512. The van der Waals surface area contributed by atoms with Crippen LogP contribution in [0, 0.1) is 17.2 Å². The molecule has 1 atom stereocenters. The summed E-state index contributed by atoms with van der Waals surface area (Å²) < 4.78 is 4.96. The van der Waals surface area contributed by atoms with Crippen LogP contribution < -0.4 is 4.74 Å². The summed E-state index contributed by atoms with van der Waals surface area (Å²) in [6, 6.07) is 8.65. The maximum absolute atomic E-state index is 11.5. The van der Waals surface area contributed by atoms with Crippen molar-refractivity contribution >= 4 is 5.78 Å². The highest BCUT2D eigenvalue weighted by atomic mass is 16.5. The number of rotatable bonds is 3. The second-order valence-corrected chi connectivity index (χ2v) is 2.94. The van der Waals surface area contributed by atoms with E-state index >= 15 is 0 Å². The lowest BCUT2D eigenvalue weighted by Crippen LogP contribution is -2.08. The normalized spacial score (nSPS) is 11.5. The third-order valence-electron chi connectivity index (χ3n) is 1.96. The largest absolute Gasteiger partial charge is 0.497 e. The number of methoxy groups -OCH3 is 1. The molecule has 0 amide bonds. The minimum absolute atomic E-state index is 0.157. The van der Waals surface area contributed by atoms with Crippen molar-refractivity contribution < 1.29 is 9.53 Å². The third kappa shape index (κ3) is 2.11. The lowest BCUT2D eigenvalue weighted by molar-refractivity contribution is 0.0956. The molecule has 0 aromatic heterocycles. The molecular weight excluding hydrogens is 178 g/mol. The van der Waals surface area contributed by atoms with Gasteiger partial charge in [0, 0.05) is 5.56 Å². The SMILES string of the molecule is COc1ccc(C(=O)[C@@H](C)C#N)cc1. The Morgan fingerprint density at radius 2 is 2.00 bits per heavy atom. The molecule has 14 heavy (non-hydrogen) atoms. The molecule has 0 saturated heterocycles. The topological polar surface area (TPSA) is 50.1 Å². The van der Waals surface area contributed by atoms with Crippen LogP contribution in [-0.4, -0.2) is 12.9 Å². The van der Waals surface area contributed by atoms with E-state index in [1.54, 1.807) is 38.3 Å². The molecule has 0 saturated carbocycles. The molecule has 1 rings (SSSR count). The van der Waals surface area contributed by atoms with Crippen molar-refractivity contribution in [2.75, 3.05) is 7.11 Å². The van der Waals surface area contributed by atoms with Gasteiger partial charge in [0.1, 0.15) is 11.7 Å². The van der Waals surface area contributed by atoms with Crippen LogP contribution in [0.2, 0.25) is 0 Å². The van der Waals surface area contributed by atoms with Gasteiger partial charge in [-0.25, -0.2) is 0 Å². The van der Waals surface area contributed by atoms with Gasteiger partial charge in [0.15, 0.2) is 5.78 Å². The molecule has 0 unspecified atom stereocenters. The van der Waals surface area contributed by atoms with Gasteiger partial charge in [0.25, 0.3) is 0 Å². The van der Waals surface area contributed by atoms with Crippen LogP contribution in [0.25, 0.3) is 0 Å². The predicted molar refractivity (Wildman–Crippen MR) is 52.1 cm³/mol. The van der Waals surface area contributed by atoms with Crippen LogP contribution in [0.15, 0.2) is 24.3 Å². The van der Waals surface area contributed by atoms with Crippen molar-refractivity contribution in [1.29, 1.82) is 5.26 Å². The highest BCUT2D eigenvalue weighted by Crippen LogP contribution is 2.14. The summed E-state index contributed by atoms with van der Waals surface area (Å²) >= 11 is 0. The molecule has 72 valence electrons. The molecule has 1 aromatic rings. The Labute approximate surface area is 82.9 Å². The molecule has 0 heterocycles. The molecule has 0 spiro atoms. The molecule has 0 fully saturated rings. The molecule has 3 nitrogen and oxygen atoms in total. The average molecular weight is 189 g/mol. The lowest BCUT2D eigenvalue weighted by Gasteiger charge is -2.03. The maximum atomic E-state index is 11.5. The second kappa shape index (κ2) is 4.43. The molecule has 0 radical (unpaired) electrons. The van der Waals surface area contributed by atoms with E-state index in [1.165, 1.54) is 0 Å². The van der Waals surface area contributed by atoms with Crippen LogP contribution in [-0.2, 0) is 0 Å². The number of ketones is 1. The molecule has 0 aliphatic carbocycles. The smallest absolute Gasteiger partial charge is 0.179 e. The monoisotopic (exact) mass is 189 g/mol. The third-order valence-corrected chi connectivity index (χ3v) is 1.96. The van der Waals surface area contributed by atoms with Crippen LogP contribution in [0.5, 0.6) is 5.75 Å². The Bertz CT molecular complexity index is 362. The maximum Gasteiger partial charge on any atom is 0.179 e. The molecule has 0 aliphatic rings. The summed E-state index contributed by atoms with van der Waals surface area (Å²) in [5.41, 5.74) is 0.542. The fourth-order valence-corrected chi connectivity index (χ4v) is 1.06. The van der Waals surface area contributed by atoms with E-state index in [2.05, 4.69) is 0 Å². The van der Waals surface area contributed by atoms with Gasteiger partial charge < -0.3 is 4.74 Å². The van der Waals surface area contributed by atoms with E-state index in [9.17, 15) is 4.79 Å². The predicted octanol–water partition coefficient (Wildman–Crippen LogP) is 2.04. The Morgan fingerprint density at radius 3 is 2.43 bits per heavy atom. The number of carbonyl (C=O) groups excluding carboxylic acids is 1. The first-order chi connectivity index (χ1) is 6.69. The Kier molecular flexibility index (Phi) is 3.24. The highest BCUT2D eigenvalue weighted by molar-refractivity contribution is 5.99. The minimum Gasteiger partial charge on any atom is -0.497 e. The van der Waals surface area contributed by atoms with E-state index in [0.29, 0.717) is 11.3 Å². The van der Waals surface area contributed by atoms with Crippen LogP contribution >= 0.6 is 0 Å². The zero-order chi connectivity index (χ0) is 10.6. The number of ether oxygens (including phenoxy) is 1. The number of carbonyl (C=O) groups is 1. The van der Waals surface area contributed by atoms with Crippen molar-refractivity contribution in [3.63, 3.8) is 0 Å². The van der Waals surface area contributed by atoms with E-state index < -0.39 is 5.92 Å². The second-order valence-electron chi connectivity index (χ2n) is 2.94. The van der Waals surface area contributed by atoms with Gasteiger partial charge in [-0.1, -0.05) is 0 Å². The van der Waals surface area contributed by atoms with Crippen molar-refractivity contribution in [3.05, 3.63) is 29.8 Å². The van der Waals surface area contributed by atoms with Gasteiger partial charge in [-0.2, -0.15) is 5.26 Å². The number of hydrogen-bond acceptors (Lipinski definition) is 3. The first-order valence-electron chi connectivity index (χ1n) is 4.27. The van der Waals surface area contributed by atoms with Gasteiger partial charge in [-0.3, -0.25) is 4.79 Å². The average Bonchev–Trinajstić information content (AvgIpc) is 2.27.